The molecule has 9 nitrogen and oxygen atoms in total. The molecule has 4 atom stereocenters. The fourth-order valence-corrected chi connectivity index (χ4v) is 4.14. The molecule has 1 aliphatic heterocycles. The molecule has 0 amide bonds. The van der Waals surface area contributed by atoms with E-state index in [1.165, 1.54) is 6.42 Å². The number of hydrogen-bond donors (Lipinski definition) is 8. The van der Waals surface area contributed by atoms with Crippen molar-refractivity contribution in [2.24, 2.45) is 16.5 Å². The highest BCUT2D eigenvalue weighted by Gasteiger charge is 2.26. The van der Waals surface area contributed by atoms with Crippen molar-refractivity contribution in [2.75, 3.05) is 11.1 Å². The number of aliphatic imine (C=N–C) groups is 1. The first kappa shape index (κ1) is 22.3. The Hall–Kier alpha value is -2.95. The summed E-state index contributed by atoms with van der Waals surface area (Å²) >= 11 is 0. The van der Waals surface area contributed by atoms with E-state index >= 15 is 0 Å². The second-order valence-corrected chi connectivity index (χ2v) is 8.35. The molecule has 1 heterocycles. The second-order valence-electron chi connectivity index (χ2n) is 8.35. The zero-order valence-electron chi connectivity index (χ0n) is 18.0. The number of nitrogens with two attached hydrogens (primary N) is 4. The van der Waals surface area contributed by atoms with E-state index in [4.69, 9.17) is 17.2 Å². The lowest BCUT2D eigenvalue weighted by molar-refractivity contribution is -0.477. The van der Waals surface area contributed by atoms with Gasteiger partial charge in [-0.3, -0.25) is 15.6 Å². The van der Waals surface area contributed by atoms with Crippen molar-refractivity contribution >= 4 is 29.0 Å². The lowest BCUT2D eigenvalue weighted by Crippen LogP contribution is -2.71. The van der Waals surface area contributed by atoms with E-state index in [2.05, 4.69) is 20.9 Å². The average molecular weight is 438 g/mol. The topological polar surface area (TPSA) is 163 Å². The minimum atomic E-state index is -1.16. The van der Waals surface area contributed by atoms with Crippen molar-refractivity contribution in [3.8, 4) is 0 Å². The highest BCUT2D eigenvalue weighted by molar-refractivity contribution is 5.83. The van der Waals surface area contributed by atoms with Gasteiger partial charge in [0.2, 0.25) is 0 Å². The number of anilines is 2. The summed E-state index contributed by atoms with van der Waals surface area (Å²) in [4.78, 5) is 4.47. The Balaban J connectivity index is 1.48. The molecule has 2 aromatic carbocycles. The standard InChI is InChI=1S/C23H32N8O/c24-17-8-1-3-10-19(17)28-14-6-5-7-15(12-14)29-22-16(21(26)32)13-27-23(31-22)30-20-11-4-2-9-18(20)25/h1,3,5-8,10,12-13,18,20-21,23,28-32H,2,4,9,11,24-26H2/p+1. The minimum Gasteiger partial charge on any atom is -0.394 e. The lowest BCUT2D eigenvalue weighted by Gasteiger charge is -2.34. The van der Waals surface area contributed by atoms with Crippen LogP contribution in [0.4, 0.5) is 22.7 Å². The number of quaternary nitrogens is 1. The Labute approximate surface area is 188 Å². The summed E-state index contributed by atoms with van der Waals surface area (Å²) in [6.07, 6.45) is 4.45. The smallest absolute Gasteiger partial charge is 0.175 e. The fraction of sp³-hybridized carbons (Fsp3) is 0.348. The molecule has 0 saturated heterocycles. The monoisotopic (exact) mass is 437 g/mol. The second kappa shape index (κ2) is 10.1. The molecular weight excluding hydrogens is 404 g/mol. The van der Waals surface area contributed by atoms with Crippen LogP contribution in [0.3, 0.4) is 0 Å². The number of rotatable bonds is 7. The molecule has 0 bridgehead atoms. The van der Waals surface area contributed by atoms with Gasteiger partial charge in [-0.25, -0.2) is 0 Å². The van der Waals surface area contributed by atoms with E-state index in [1.807, 2.05) is 53.8 Å². The Morgan fingerprint density at radius 2 is 1.94 bits per heavy atom. The summed E-state index contributed by atoms with van der Waals surface area (Å²) in [6, 6.07) is 16.0. The molecule has 32 heavy (non-hydrogen) atoms. The summed E-state index contributed by atoms with van der Waals surface area (Å²) in [5.74, 6) is 0.605. The Kier molecular flexibility index (Phi) is 7.03. The number of benzene rings is 2. The average Bonchev–Trinajstić information content (AvgIpc) is 2.77. The van der Waals surface area contributed by atoms with E-state index < -0.39 is 6.23 Å². The number of nitrogens with zero attached hydrogens (tertiary/aromatic N) is 1. The van der Waals surface area contributed by atoms with E-state index in [0.717, 1.165) is 42.0 Å². The normalized spacial score (nSPS) is 24.2. The van der Waals surface area contributed by atoms with Gasteiger partial charge in [-0.2, -0.15) is 0 Å². The van der Waals surface area contributed by atoms with Gasteiger partial charge in [-0.1, -0.05) is 31.0 Å². The summed E-state index contributed by atoms with van der Waals surface area (Å²) in [5, 5.41) is 22.2. The van der Waals surface area contributed by atoms with Crippen LogP contribution in [0.2, 0.25) is 0 Å². The number of aliphatic hydroxyl groups excluding tert-OH is 1. The zero-order chi connectivity index (χ0) is 22.5. The number of hydrogen-bond acceptors (Lipinski definition) is 8. The number of aliphatic hydroxyl groups is 1. The van der Waals surface area contributed by atoms with Crippen LogP contribution < -0.4 is 38.5 Å². The van der Waals surface area contributed by atoms with Gasteiger partial charge < -0.3 is 32.9 Å². The molecule has 0 radical (unpaired) electrons. The third-order valence-corrected chi connectivity index (χ3v) is 5.92. The van der Waals surface area contributed by atoms with Crippen LogP contribution in [0.5, 0.6) is 0 Å². The lowest BCUT2D eigenvalue weighted by atomic mass is 9.91. The van der Waals surface area contributed by atoms with E-state index in [-0.39, 0.29) is 18.4 Å². The molecule has 170 valence electrons. The maximum atomic E-state index is 10.0. The molecule has 1 aliphatic carbocycles. The van der Waals surface area contributed by atoms with Crippen LogP contribution in [0.1, 0.15) is 25.7 Å². The largest absolute Gasteiger partial charge is 0.394 e. The molecule has 1 fully saturated rings. The number of nitrogens with one attached hydrogen (secondary N) is 3. The zero-order valence-corrected chi connectivity index (χ0v) is 18.0. The summed E-state index contributed by atoms with van der Waals surface area (Å²) in [5.41, 5.74) is 22.1. The Bertz CT molecular complexity index is 989. The van der Waals surface area contributed by atoms with Gasteiger partial charge in [0.1, 0.15) is 17.7 Å². The maximum Gasteiger partial charge on any atom is 0.175 e. The predicted molar refractivity (Wildman–Crippen MR) is 128 cm³/mol. The van der Waals surface area contributed by atoms with Gasteiger partial charge in [-0.15, -0.1) is 0 Å². The van der Waals surface area contributed by atoms with Gasteiger partial charge in [0.25, 0.3) is 0 Å². The van der Waals surface area contributed by atoms with Crippen LogP contribution in [0.25, 0.3) is 0 Å². The van der Waals surface area contributed by atoms with Gasteiger partial charge in [0.15, 0.2) is 12.0 Å². The van der Waals surface area contributed by atoms with Gasteiger partial charge in [-0.05, 0) is 31.0 Å². The number of para-hydroxylation sites is 2. The molecule has 4 unspecified atom stereocenters. The molecule has 9 heteroatoms. The van der Waals surface area contributed by atoms with Gasteiger partial charge >= 0.3 is 0 Å². The van der Waals surface area contributed by atoms with Crippen LogP contribution in [0.15, 0.2) is 64.9 Å². The first-order valence-corrected chi connectivity index (χ1v) is 11.0. The fourth-order valence-electron chi connectivity index (χ4n) is 4.14. The molecule has 0 spiro atoms. The predicted octanol–water partition coefficient (Wildman–Crippen LogP) is 0.513. The molecule has 12 N–H and O–H groups in total. The molecule has 1 saturated carbocycles. The van der Waals surface area contributed by atoms with Crippen molar-refractivity contribution in [3.63, 3.8) is 0 Å². The first-order chi connectivity index (χ1) is 15.5. The molecule has 2 aliphatic rings. The molecule has 4 rings (SSSR count). The quantitative estimate of drug-likeness (QED) is 0.231. The van der Waals surface area contributed by atoms with Crippen molar-refractivity contribution in [1.29, 1.82) is 0 Å². The maximum absolute atomic E-state index is 10.0. The SMILES string of the molecule is Nc1ccccc1[NH2+]c1cccc(NC2=C(C(N)O)C=NC(NC3CCCCC3N)N2)c1. The highest BCUT2D eigenvalue weighted by atomic mass is 16.3. The Morgan fingerprint density at radius 3 is 2.72 bits per heavy atom. The van der Waals surface area contributed by atoms with Crippen molar-refractivity contribution in [1.82, 2.24) is 10.6 Å². The summed E-state index contributed by atoms with van der Waals surface area (Å²) in [7, 11) is 0. The van der Waals surface area contributed by atoms with Crippen LogP contribution >= 0.6 is 0 Å². The first-order valence-electron chi connectivity index (χ1n) is 11.0. The highest BCUT2D eigenvalue weighted by Crippen LogP contribution is 2.20. The van der Waals surface area contributed by atoms with Crippen molar-refractivity contribution < 1.29 is 10.4 Å². The van der Waals surface area contributed by atoms with Crippen molar-refractivity contribution in [3.05, 3.63) is 59.9 Å². The van der Waals surface area contributed by atoms with Crippen LogP contribution in [-0.2, 0) is 0 Å². The third kappa shape index (κ3) is 5.45. The molecule has 0 aromatic heterocycles. The van der Waals surface area contributed by atoms with E-state index in [0.29, 0.717) is 11.4 Å². The number of nitrogen functional groups attached to an aromatic ring is 1. The molecular formula is C23H33N8O+. The Morgan fingerprint density at radius 1 is 1.12 bits per heavy atom. The van der Waals surface area contributed by atoms with Crippen molar-refractivity contribution in [2.45, 2.75) is 50.3 Å². The van der Waals surface area contributed by atoms with E-state index in [9.17, 15) is 5.11 Å². The molecule has 2 aromatic rings. The van der Waals surface area contributed by atoms with Gasteiger partial charge in [0, 0.05) is 36.1 Å². The summed E-state index contributed by atoms with van der Waals surface area (Å²) in [6.45, 7) is 0. The van der Waals surface area contributed by atoms with Crippen LogP contribution in [0, 0.1) is 0 Å². The van der Waals surface area contributed by atoms with Crippen LogP contribution in [-0.4, -0.2) is 35.9 Å². The minimum absolute atomic E-state index is 0.111. The third-order valence-electron chi connectivity index (χ3n) is 5.92. The van der Waals surface area contributed by atoms with Gasteiger partial charge in [0.05, 0.1) is 11.3 Å². The summed E-state index contributed by atoms with van der Waals surface area (Å²) < 4.78 is 0. The van der Waals surface area contributed by atoms with E-state index in [1.54, 1.807) is 6.21 Å².